The van der Waals surface area contributed by atoms with Gasteiger partial charge in [0, 0.05) is 4.91 Å². The molecule has 1 N–H and O–H groups in total. The third kappa shape index (κ3) is 5.09. The number of cyclic esters (lactones) is 1. The number of carbonyl (C=O) groups is 1. The molecule has 8 nitrogen and oxygen atoms in total. The molecule has 146 valence electrons. The molecule has 3 rings (SSSR count). The Hall–Kier alpha value is -2.90. The second kappa shape index (κ2) is 9.87. The highest BCUT2D eigenvalue weighted by Crippen LogP contribution is 2.25. The van der Waals surface area contributed by atoms with E-state index in [0.717, 1.165) is 11.1 Å². The summed E-state index contributed by atoms with van der Waals surface area (Å²) in [5.41, 5.74) is 10.7. The van der Waals surface area contributed by atoms with Crippen molar-refractivity contribution in [3.8, 4) is 0 Å². The Labute approximate surface area is 162 Å². The molecular formula is C20H21N3O5. The van der Waals surface area contributed by atoms with Gasteiger partial charge < -0.3 is 19.3 Å². The first-order chi connectivity index (χ1) is 13.7. The summed E-state index contributed by atoms with van der Waals surface area (Å²) < 4.78 is 16.6. The Bertz CT molecular complexity index is 811. The van der Waals surface area contributed by atoms with E-state index < -0.39 is 30.3 Å². The Morgan fingerprint density at radius 2 is 1.68 bits per heavy atom. The van der Waals surface area contributed by atoms with Gasteiger partial charge in [0.05, 0.1) is 19.8 Å². The van der Waals surface area contributed by atoms with Crippen molar-refractivity contribution >= 4 is 5.97 Å². The van der Waals surface area contributed by atoms with Crippen molar-refractivity contribution in [2.75, 3.05) is 6.61 Å². The number of benzene rings is 2. The van der Waals surface area contributed by atoms with Crippen molar-refractivity contribution in [2.24, 2.45) is 5.11 Å². The summed E-state index contributed by atoms with van der Waals surface area (Å²) in [6.45, 7) is 0.523. The highest BCUT2D eigenvalue weighted by molar-refractivity contribution is 5.78. The van der Waals surface area contributed by atoms with Crippen molar-refractivity contribution in [3.05, 3.63) is 82.2 Å². The van der Waals surface area contributed by atoms with Crippen molar-refractivity contribution in [1.29, 1.82) is 0 Å². The van der Waals surface area contributed by atoms with Crippen LogP contribution in [-0.4, -0.2) is 42.0 Å². The highest BCUT2D eigenvalue weighted by Gasteiger charge is 2.48. The number of carbonyl (C=O) groups excluding carboxylic acids is 1. The number of hydrogen-bond donors (Lipinski definition) is 1. The first-order valence-corrected chi connectivity index (χ1v) is 8.89. The quantitative estimate of drug-likeness (QED) is 0.309. The number of aliphatic hydroxyl groups excluding tert-OH is 1. The molecule has 4 atom stereocenters. The maximum atomic E-state index is 11.9. The number of rotatable bonds is 9. The van der Waals surface area contributed by atoms with Gasteiger partial charge in [-0.15, -0.1) is 0 Å². The molecule has 0 aliphatic carbocycles. The van der Waals surface area contributed by atoms with Gasteiger partial charge in [0.25, 0.3) is 0 Å². The lowest BCUT2D eigenvalue weighted by molar-refractivity contribution is -0.148. The number of azide groups is 1. The van der Waals surface area contributed by atoms with Crippen molar-refractivity contribution in [1.82, 2.24) is 0 Å². The maximum absolute atomic E-state index is 11.9. The minimum atomic E-state index is -1.45. The number of esters is 1. The fourth-order valence-electron chi connectivity index (χ4n) is 2.97. The molecule has 0 spiro atoms. The van der Waals surface area contributed by atoms with Gasteiger partial charge in [-0.2, -0.15) is 0 Å². The first-order valence-electron chi connectivity index (χ1n) is 8.89. The molecule has 0 bridgehead atoms. The van der Waals surface area contributed by atoms with Crippen molar-refractivity contribution in [2.45, 2.75) is 37.6 Å². The van der Waals surface area contributed by atoms with Gasteiger partial charge >= 0.3 is 5.97 Å². The van der Waals surface area contributed by atoms with Crippen LogP contribution in [0.1, 0.15) is 11.1 Å². The number of ether oxygens (including phenoxy) is 3. The standard InChI is InChI=1S/C20H21N3O5/c21-23-22-16(13-26-11-14-7-3-1-4-8-14)18-19(17(24)20(25)28-18)27-12-15-9-5-2-6-10-15/h1-10,16-19,24H,11-13H2/t16-,17-,18+,19-/m1/s1. The zero-order chi connectivity index (χ0) is 19.8. The van der Waals surface area contributed by atoms with E-state index in [-0.39, 0.29) is 13.2 Å². The zero-order valence-corrected chi connectivity index (χ0v) is 15.1. The molecule has 1 fully saturated rings. The van der Waals surface area contributed by atoms with Gasteiger partial charge in [-0.3, -0.25) is 0 Å². The molecule has 0 radical (unpaired) electrons. The summed E-state index contributed by atoms with van der Waals surface area (Å²) in [6.07, 6.45) is -3.33. The minimum Gasteiger partial charge on any atom is -0.457 e. The molecule has 0 amide bonds. The largest absolute Gasteiger partial charge is 0.457 e. The zero-order valence-electron chi connectivity index (χ0n) is 15.1. The van der Waals surface area contributed by atoms with Gasteiger partial charge in [0.2, 0.25) is 0 Å². The van der Waals surface area contributed by atoms with Crippen molar-refractivity contribution < 1.29 is 24.1 Å². The van der Waals surface area contributed by atoms with E-state index in [1.165, 1.54) is 0 Å². The van der Waals surface area contributed by atoms with E-state index in [2.05, 4.69) is 10.0 Å². The molecule has 1 aliphatic rings. The molecular weight excluding hydrogens is 362 g/mol. The predicted molar refractivity (Wildman–Crippen MR) is 99.9 cm³/mol. The molecule has 2 aromatic carbocycles. The summed E-state index contributed by atoms with van der Waals surface area (Å²) in [5.74, 6) is -0.802. The predicted octanol–water partition coefficient (Wildman–Crippen LogP) is 2.75. The number of hydrogen-bond acceptors (Lipinski definition) is 6. The van der Waals surface area contributed by atoms with Crippen LogP contribution in [0.5, 0.6) is 0 Å². The first kappa shape index (κ1) is 19.9. The van der Waals surface area contributed by atoms with Gasteiger partial charge in [0.1, 0.15) is 18.2 Å². The van der Waals surface area contributed by atoms with Gasteiger partial charge in [-0.1, -0.05) is 65.8 Å². The highest BCUT2D eigenvalue weighted by atomic mass is 16.6. The third-order valence-electron chi connectivity index (χ3n) is 4.39. The molecule has 28 heavy (non-hydrogen) atoms. The van der Waals surface area contributed by atoms with Crippen LogP contribution in [0.15, 0.2) is 65.8 Å². The molecule has 2 aromatic rings. The second-order valence-electron chi connectivity index (χ2n) is 6.38. The van der Waals surface area contributed by atoms with E-state index in [1.54, 1.807) is 0 Å². The van der Waals surface area contributed by atoms with Crippen LogP contribution in [0.2, 0.25) is 0 Å². The Kier molecular flexibility index (Phi) is 7.00. The van der Waals surface area contributed by atoms with Gasteiger partial charge in [0.15, 0.2) is 6.10 Å². The lowest BCUT2D eigenvalue weighted by Gasteiger charge is -2.24. The number of nitrogens with zero attached hydrogens (tertiary/aromatic N) is 3. The Balaban J connectivity index is 1.64. The molecule has 1 saturated heterocycles. The third-order valence-corrected chi connectivity index (χ3v) is 4.39. The molecule has 1 heterocycles. The summed E-state index contributed by atoms with van der Waals surface area (Å²) in [7, 11) is 0. The van der Waals surface area contributed by atoms with Crippen LogP contribution >= 0.6 is 0 Å². The van der Waals surface area contributed by atoms with E-state index >= 15 is 0 Å². The van der Waals surface area contributed by atoms with Crippen LogP contribution < -0.4 is 0 Å². The molecule has 0 aromatic heterocycles. The van der Waals surface area contributed by atoms with Crippen LogP contribution in [0, 0.1) is 0 Å². The maximum Gasteiger partial charge on any atom is 0.338 e. The fourth-order valence-corrected chi connectivity index (χ4v) is 2.97. The normalized spacial score (nSPS) is 22.3. The van der Waals surface area contributed by atoms with Gasteiger partial charge in [-0.05, 0) is 16.7 Å². The van der Waals surface area contributed by atoms with E-state index in [9.17, 15) is 9.90 Å². The number of aliphatic hydroxyl groups is 1. The minimum absolute atomic E-state index is 0.0226. The van der Waals surface area contributed by atoms with Crippen LogP contribution in [0.4, 0.5) is 0 Å². The summed E-state index contributed by atoms with van der Waals surface area (Å²) in [6, 6.07) is 18.0. The molecule has 0 saturated carbocycles. The summed E-state index contributed by atoms with van der Waals surface area (Å²) >= 11 is 0. The monoisotopic (exact) mass is 383 g/mol. The van der Waals surface area contributed by atoms with E-state index in [4.69, 9.17) is 19.7 Å². The molecule has 1 aliphatic heterocycles. The average Bonchev–Trinajstić information content (AvgIpc) is 3.01. The van der Waals surface area contributed by atoms with Crippen LogP contribution in [0.25, 0.3) is 10.4 Å². The topological polar surface area (TPSA) is 114 Å². The Morgan fingerprint density at radius 1 is 1.07 bits per heavy atom. The van der Waals surface area contributed by atoms with E-state index in [0.29, 0.717) is 6.61 Å². The SMILES string of the molecule is [N-]=[N+]=N[C@H](COCc1ccccc1)[C@@H]1OC(=O)[C@H](O)[C@H]1OCc1ccccc1. The van der Waals surface area contributed by atoms with E-state index in [1.807, 2.05) is 60.7 Å². The fraction of sp³-hybridized carbons (Fsp3) is 0.350. The van der Waals surface area contributed by atoms with Crippen LogP contribution in [-0.2, 0) is 32.2 Å². The lowest BCUT2D eigenvalue weighted by atomic mass is 10.0. The summed E-state index contributed by atoms with van der Waals surface area (Å²) in [4.78, 5) is 14.7. The molecule has 8 heteroatoms. The second-order valence-corrected chi connectivity index (χ2v) is 6.38. The average molecular weight is 383 g/mol. The van der Waals surface area contributed by atoms with Crippen molar-refractivity contribution in [3.63, 3.8) is 0 Å². The van der Waals surface area contributed by atoms with Gasteiger partial charge in [-0.25, -0.2) is 4.79 Å². The summed E-state index contributed by atoms with van der Waals surface area (Å²) in [5, 5.41) is 13.8. The molecule has 0 unspecified atom stereocenters. The smallest absolute Gasteiger partial charge is 0.338 e. The van der Waals surface area contributed by atoms with Crippen LogP contribution in [0.3, 0.4) is 0 Å². The Morgan fingerprint density at radius 3 is 2.29 bits per heavy atom. The lowest BCUT2D eigenvalue weighted by Crippen LogP contribution is -2.41.